The van der Waals surface area contributed by atoms with Crippen LogP contribution in [0.25, 0.3) is 0 Å². The largest absolute Gasteiger partial charge is 0.305 e. The van der Waals surface area contributed by atoms with Crippen LogP contribution in [0.1, 0.15) is 24.2 Å². The van der Waals surface area contributed by atoms with E-state index in [-0.39, 0.29) is 6.04 Å². The standard InChI is InChI=1S/C13H15Cl2N3/c1-3-16-13(11-7-8-18(2)17-11)12-9(14)5-4-6-10(12)15/h4-8,13,16H,3H2,1-2H3. The topological polar surface area (TPSA) is 29.9 Å². The van der Waals surface area contributed by atoms with Crippen molar-refractivity contribution in [2.45, 2.75) is 13.0 Å². The molecule has 1 N–H and O–H groups in total. The smallest absolute Gasteiger partial charge is 0.0840 e. The molecule has 1 unspecified atom stereocenters. The number of nitrogens with zero attached hydrogens (tertiary/aromatic N) is 2. The molecular weight excluding hydrogens is 269 g/mol. The van der Waals surface area contributed by atoms with Crippen molar-refractivity contribution in [1.82, 2.24) is 15.1 Å². The summed E-state index contributed by atoms with van der Waals surface area (Å²) in [4.78, 5) is 0. The predicted molar refractivity (Wildman–Crippen MR) is 75.2 cm³/mol. The van der Waals surface area contributed by atoms with Gasteiger partial charge in [-0.2, -0.15) is 5.10 Å². The highest BCUT2D eigenvalue weighted by molar-refractivity contribution is 6.36. The number of nitrogens with one attached hydrogen (secondary N) is 1. The highest BCUT2D eigenvalue weighted by atomic mass is 35.5. The Bertz CT molecular complexity index is 517. The van der Waals surface area contributed by atoms with Crippen LogP contribution in [0.4, 0.5) is 0 Å². The molecule has 1 atom stereocenters. The van der Waals surface area contributed by atoms with E-state index in [1.54, 1.807) is 4.68 Å². The Kier molecular flexibility index (Phi) is 4.27. The highest BCUT2D eigenvalue weighted by Gasteiger charge is 2.21. The van der Waals surface area contributed by atoms with E-state index in [0.717, 1.165) is 17.8 Å². The van der Waals surface area contributed by atoms with Crippen LogP contribution in [0, 0.1) is 0 Å². The van der Waals surface area contributed by atoms with Crippen LogP contribution >= 0.6 is 23.2 Å². The molecule has 0 fully saturated rings. The summed E-state index contributed by atoms with van der Waals surface area (Å²) >= 11 is 12.5. The maximum absolute atomic E-state index is 6.26. The Morgan fingerprint density at radius 2 is 1.94 bits per heavy atom. The second-order valence-corrected chi connectivity index (χ2v) is 4.85. The normalized spacial score (nSPS) is 12.7. The molecule has 1 aromatic heterocycles. The molecule has 96 valence electrons. The van der Waals surface area contributed by atoms with E-state index < -0.39 is 0 Å². The van der Waals surface area contributed by atoms with Gasteiger partial charge in [-0.05, 0) is 24.7 Å². The molecule has 18 heavy (non-hydrogen) atoms. The summed E-state index contributed by atoms with van der Waals surface area (Å²) in [5.74, 6) is 0. The number of aromatic nitrogens is 2. The van der Waals surface area contributed by atoms with Gasteiger partial charge in [0.15, 0.2) is 0 Å². The molecule has 0 spiro atoms. The molecule has 1 aromatic carbocycles. The fourth-order valence-electron chi connectivity index (χ4n) is 1.93. The lowest BCUT2D eigenvalue weighted by molar-refractivity contribution is 0.600. The lowest BCUT2D eigenvalue weighted by atomic mass is 10.0. The van der Waals surface area contributed by atoms with Gasteiger partial charge < -0.3 is 5.32 Å². The Morgan fingerprint density at radius 3 is 2.44 bits per heavy atom. The van der Waals surface area contributed by atoms with E-state index in [4.69, 9.17) is 23.2 Å². The Hall–Kier alpha value is -1.03. The van der Waals surface area contributed by atoms with Gasteiger partial charge in [-0.3, -0.25) is 4.68 Å². The molecule has 0 bridgehead atoms. The molecule has 0 saturated carbocycles. The second-order valence-electron chi connectivity index (χ2n) is 4.04. The third-order valence-electron chi connectivity index (χ3n) is 2.73. The molecule has 0 saturated heterocycles. The number of rotatable bonds is 4. The summed E-state index contributed by atoms with van der Waals surface area (Å²) in [7, 11) is 1.89. The average molecular weight is 284 g/mol. The van der Waals surface area contributed by atoms with Gasteiger partial charge in [-0.1, -0.05) is 36.2 Å². The molecule has 0 amide bonds. The van der Waals surface area contributed by atoms with Crippen molar-refractivity contribution in [3.8, 4) is 0 Å². The Morgan fingerprint density at radius 1 is 1.28 bits per heavy atom. The first-order valence-electron chi connectivity index (χ1n) is 5.80. The van der Waals surface area contributed by atoms with Crippen LogP contribution in [-0.4, -0.2) is 16.3 Å². The molecular formula is C13H15Cl2N3. The average Bonchev–Trinajstić information content (AvgIpc) is 2.74. The van der Waals surface area contributed by atoms with Crippen molar-refractivity contribution < 1.29 is 0 Å². The molecule has 2 aromatic rings. The van der Waals surface area contributed by atoms with Crippen LogP contribution in [0.5, 0.6) is 0 Å². The Labute approximate surface area is 117 Å². The van der Waals surface area contributed by atoms with E-state index in [1.807, 2.05) is 44.4 Å². The zero-order valence-electron chi connectivity index (χ0n) is 10.3. The Balaban J connectivity index is 2.47. The van der Waals surface area contributed by atoms with Crippen molar-refractivity contribution in [3.05, 3.63) is 51.8 Å². The van der Waals surface area contributed by atoms with Crippen molar-refractivity contribution in [1.29, 1.82) is 0 Å². The quantitative estimate of drug-likeness (QED) is 0.932. The van der Waals surface area contributed by atoms with Gasteiger partial charge in [0.1, 0.15) is 0 Å². The maximum Gasteiger partial charge on any atom is 0.0840 e. The summed E-state index contributed by atoms with van der Waals surface area (Å²) in [5.41, 5.74) is 1.79. The third kappa shape index (κ3) is 2.69. The SMILES string of the molecule is CCNC(c1ccn(C)n1)c1c(Cl)cccc1Cl. The summed E-state index contributed by atoms with van der Waals surface area (Å²) in [5, 5.41) is 9.09. The minimum atomic E-state index is -0.0857. The predicted octanol–water partition coefficient (Wildman–Crippen LogP) is 3.43. The first-order valence-corrected chi connectivity index (χ1v) is 6.56. The lowest BCUT2D eigenvalue weighted by Crippen LogP contribution is -2.23. The van der Waals surface area contributed by atoms with Crippen LogP contribution in [0.3, 0.4) is 0 Å². The van der Waals surface area contributed by atoms with Crippen molar-refractivity contribution in [3.63, 3.8) is 0 Å². The van der Waals surface area contributed by atoms with Crippen LogP contribution < -0.4 is 5.32 Å². The molecule has 5 heteroatoms. The molecule has 0 aliphatic heterocycles. The van der Waals surface area contributed by atoms with E-state index in [9.17, 15) is 0 Å². The maximum atomic E-state index is 6.26. The summed E-state index contributed by atoms with van der Waals surface area (Å²) in [6.07, 6.45) is 1.91. The van der Waals surface area contributed by atoms with E-state index in [1.165, 1.54) is 0 Å². The number of hydrogen-bond acceptors (Lipinski definition) is 2. The molecule has 0 aliphatic rings. The number of hydrogen-bond donors (Lipinski definition) is 1. The third-order valence-corrected chi connectivity index (χ3v) is 3.39. The molecule has 0 radical (unpaired) electrons. The van der Waals surface area contributed by atoms with Gasteiger partial charge in [-0.25, -0.2) is 0 Å². The first kappa shape index (κ1) is 13.4. The zero-order chi connectivity index (χ0) is 13.1. The summed E-state index contributed by atoms with van der Waals surface area (Å²) < 4.78 is 1.77. The fourth-order valence-corrected chi connectivity index (χ4v) is 2.55. The number of halogens is 2. The van der Waals surface area contributed by atoms with Gasteiger partial charge in [0.05, 0.1) is 11.7 Å². The van der Waals surface area contributed by atoms with Gasteiger partial charge in [0.2, 0.25) is 0 Å². The fraction of sp³-hybridized carbons (Fsp3) is 0.308. The minimum Gasteiger partial charge on any atom is -0.305 e. The van der Waals surface area contributed by atoms with Crippen LogP contribution in [-0.2, 0) is 7.05 Å². The second kappa shape index (κ2) is 5.74. The first-order chi connectivity index (χ1) is 8.63. The summed E-state index contributed by atoms with van der Waals surface area (Å²) in [6, 6.07) is 7.41. The number of aryl methyl sites for hydroxylation is 1. The van der Waals surface area contributed by atoms with Gasteiger partial charge in [0.25, 0.3) is 0 Å². The molecule has 0 aliphatic carbocycles. The molecule has 3 nitrogen and oxygen atoms in total. The minimum absolute atomic E-state index is 0.0857. The van der Waals surface area contributed by atoms with E-state index in [0.29, 0.717) is 10.0 Å². The summed E-state index contributed by atoms with van der Waals surface area (Å²) in [6.45, 7) is 2.85. The van der Waals surface area contributed by atoms with Gasteiger partial charge in [-0.15, -0.1) is 0 Å². The van der Waals surface area contributed by atoms with Gasteiger partial charge >= 0.3 is 0 Å². The van der Waals surface area contributed by atoms with E-state index in [2.05, 4.69) is 10.4 Å². The number of benzene rings is 1. The molecule has 2 rings (SSSR count). The van der Waals surface area contributed by atoms with Crippen molar-refractivity contribution in [2.24, 2.45) is 7.05 Å². The molecule has 1 heterocycles. The monoisotopic (exact) mass is 283 g/mol. The van der Waals surface area contributed by atoms with Crippen LogP contribution in [0.2, 0.25) is 10.0 Å². The van der Waals surface area contributed by atoms with Crippen molar-refractivity contribution >= 4 is 23.2 Å². The van der Waals surface area contributed by atoms with E-state index >= 15 is 0 Å². The van der Waals surface area contributed by atoms with Crippen molar-refractivity contribution in [2.75, 3.05) is 6.54 Å². The van der Waals surface area contributed by atoms with Crippen LogP contribution in [0.15, 0.2) is 30.5 Å². The lowest BCUT2D eigenvalue weighted by Gasteiger charge is -2.19. The zero-order valence-corrected chi connectivity index (χ0v) is 11.8. The highest BCUT2D eigenvalue weighted by Crippen LogP contribution is 2.33. The van der Waals surface area contributed by atoms with Gasteiger partial charge in [0, 0.05) is 28.9 Å².